The maximum Gasteiger partial charge on any atom is 0.335 e. The van der Waals surface area contributed by atoms with Crippen LogP contribution in [0, 0.1) is 6.92 Å². The van der Waals surface area contributed by atoms with Crippen LogP contribution in [0.15, 0.2) is 42.5 Å². The van der Waals surface area contributed by atoms with Gasteiger partial charge in [-0.2, -0.15) is 0 Å². The molecule has 114 valence electrons. The lowest BCUT2D eigenvalue weighted by Crippen LogP contribution is -2.15. The molecule has 0 fully saturated rings. The van der Waals surface area contributed by atoms with E-state index in [9.17, 15) is 9.59 Å². The summed E-state index contributed by atoms with van der Waals surface area (Å²) in [6.07, 6.45) is 0. The fourth-order valence-corrected chi connectivity index (χ4v) is 2.01. The van der Waals surface area contributed by atoms with Crippen LogP contribution >= 0.6 is 0 Å². The van der Waals surface area contributed by atoms with Gasteiger partial charge in [-0.05, 0) is 42.8 Å². The number of amides is 1. The molecule has 22 heavy (non-hydrogen) atoms. The maximum absolute atomic E-state index is 12.3. The number of nitrogens with one attached hydrogen (secondary N) is 1. The van der Waals surface area contributed by atoms with Crippen LogP contribution in [0.25, 0.3) is 0 Å². The van der Waals surface area contributed by atoms with Gasteiger partial charge in [0.2, 0.25) is 0 Å². The summed E-state index contributed by atoms with van der Waals surface area (Å²) in [6.45, 7) is 1.82. The molecule has 5 heteroatoms. The average Bonchev–Trinajstić information content (AvgIpc) is 2.49. The number of aromatic carboxylic acids is 1. The van der Waals surface area contributed by atoms with E-state index in [4.69, 9.17) is 5.11 Å². The van der Waals surface area contributed by atoms with Crippen molar-refractivity contribution in [3.63, 3.8) is 0 Å². The standard InChI is InChI=1S/C17H18N2O3/c1-11-7-8-13(17(21)22)10-15(11)18-16(20)12-5-4-6-14(9-12)19(2)3/h4-10H,1-3H3,(H,18,20)(H,21,22). The number of anilines is 2. The van der Waals surface area contributed by atoms with Crippen LogP contribution in [0.2, 0.25) is 0 Å². The molecule has 2 aromatic rings. The number of carbonyl (C=O) groups excluding carboxylic acids is 1. The lowest BCUT2D eigenvalue weighted by atomic mass is 10.1. The quantitative estimate of drug-likeness (QED) is 0.910. The molecule has 2 aromatic carbocycles. The van der Waals surface area contributed by atoms with E-state index in [1.165, 1.54) is 12.1 Å². The van der Waals surface area contributed by atoms with Crippen LogP contribution < -0.4 is 10.2 Å². The number of rotatable bonds is 4. The molecule has 1 amide bonds. The summed E-state index contributed by atoms with van der Waals surface area (Å²) >= 11 is 0. The smallest absolute Gasteiger partial charge is 0.335 e. The van der Waals surface area contributed by atoms with Gasteiger partial charge in [-0.25, -0.2) is 4.79 Å². The summed E-state index contributed by atoms with van der Waals surface area (Å²) < 4.78 is 0. The van der Waals surface area contributed by atoms with E-state index < -0.39 is 5.97 Å². The molecule has 0 aliphatic rings. The van der Waals surface area contributed by atoms with Gasteiger partial charge in [-0.15, -0.1) is 0 Å². The normalized spacial score (nSPS) is 10.1. The summed E-state index contributed by atoms with van der Waals surface area (Å²) in [5.41, 5.74) is 2.89. The summed E-state index contributed by atoms with van der Waals surface area (Å²) in [7, 11) is 3.80. The Balaban J connectivity index is 2.27. The molecular formula is C17H18N2O3. The van der Waals surface area contributed by atoms with Crippen molar-refractivity contribution in [1.82, 2.24) is 0 Å². The molecule has 0 saturated carbocycles. The molecule has 0 unspecified atom stereocenters. The van der Waals surface area contributed by atoms with Crippen LogP contribution in [0.5, 0.6) is 0 Å². The molecule has 0 aliphatic carbocycles. The summed E-state index contributed by atoms with van der Waals surface area (Å²) in [4.78, 5) is 25.3. The Morgan fingerprint density at radius 1 is 1.05 bits per heavy atom. The molecule has 0 heterocycles. The first kappa shape index (κ1) is 15.6. The highest BCUT2D eigenvalue weighted by atomic mass is 16.4. The molecule has 0 bridgehead atoms. The summed E-state index contributed by atoms with van der Waals surface area (Å²) in [6, 6.07) is 11.9. The van der Waals surface area contributed by atoms with Crippen molar-refractivity contribution < 1.29 is 14.7 Å². The minimum atomic E-state index is -1.02. The van der Waals surface area contributed by atoms with Crippen LogP contribution in [0.1, 0.15) is 26.3 Å². The predicted octanol–water partition coefficient (Wildman–Crippen LogP) is 3.01. The Morgan fingerprint density at radius 3 is 2.41 bits per heavy atom. The maximum atomic E-state index is 12.3. The fourth-order valence-electron chi connectivity index (χ4n) is 2.01. The summed E-state index contributed by atoms with van der Waals surface area (Å²) in [5.74, 6) is -1.29. The van der Waals surface area contributed by atoms with E-state index in [2.05, 4.69) is 5.32 Å². The van der Waals surface area contributed by atoms with Crippen molar-refractivity contribution in [1.29, 1.82) is 0 Å². The van der Waals surface area contributed by atoms with E-state index in [0.29, 0.717) is 11.3 Å². The molecule has 0 aliphatic heterocycles. The van der Waals surface area contributed by atoms with Gasteiger partial charge < -0.3 is 15.3 Å². The second kappa shape index (κ2) is 6.30. The SMILES string of the molecule is Cc1ccc(C(=O)O)cc1NC(=O)c1cccc(N(C)C)c1. The zero-order chi connectivity index (χ0) is 16.3. The number of hydrogen-bond acceptors (Lipinski definition) is 3. The van der Waals surface area contributed by atoms with Gasteiger partial charge in [0.15, 0.2) is 0 Å². The second-order valence-corrected chi connectivity index (χ2v) is 5.23. The van der Waals surface area contributed by atoms with Crippen molar-refractivity contribution in [3.05, 3.63) is 59.2 Å². The van der Waals surface area contributed by atoms with E-state index in [-0.39, 0.29) is 11.5 Å². The molecule has 0 spiro atoms. The lowest BCUT2D eigenvalue weighted by Gasteiger charge is -2.14. The Bertz CT molecular complexity index is 724. The van der Waals surface area contributed by atoms with E-state index >= 15 is 0 Å². The molecule has 0 aromatic heterocycles. The van der Waals surface area contributed by atoms with Gasteiger partial charge in [0.25, 0.3) is 5.91 Å². The highest BCUT2D eigenvalue weighted by Crippen LogP contribution is 2.19. The van der Waals surface area contributed by atoms with Crippen molar-refractivity contribution in [2.75, 3.05) is 24.3 Å². The van der Waals surface area contributed by atoms with E-state index in [0.717, 1.165) is 11.3 Å². The number of nitrogens with zero attached hydrogens (tertiary/aromatic N) is 1. The number of carboxylic acids is 1. The highest BCUT2D eigenvalue weighted by Gasteiger charge is 2.11. The van der Waals surface area contributed by atoms with Gasteiger partial charge in [0, 0.05) is 31.0 Å². The predicted molar refractivity (Wildman–Crippen MR) is 86.9 cm³/mol. The first-order valence-electron chi connectivity index (χ1n) is 6.81. The largest absolute Gasteiger partial charge is 0.478 e. The number of aryl methyl sites for hydroxylation is 1. The van der Waals surface area contributed by atoms with Gasteiger partial charge in [0.1, 0.15) is 0 Å². The second-order valence-electron chi connectivity index (χ2n) is 5.23. The molecule has 2 rings (SSSR count). The van der Waals surface area contributed by atoms with Gasteiger partial charge >= 0.3 is 5.97 Å². The van der Waals surface area contributed by atoms with E-state index in [1.807, 2.05) is 38.1 Å². The van der Waals surface area contributed by atoms with Crippen LogP contribution in [0.4, 0.5) is 11.4 Å². The Kier molecular flexibility index (Phi) is 4.46. The van der Waals surface area contributed by atoms with Gasteiger partial charge in [0.05, 0.1) is 5.56 Å². The molecule has 5 nitrogen and oxygen atoms in total. The van der Waals surface area contributed by atoms with Crippen LogP contribution in [-0.2, 0) is 0 Å². The average molecular weight is 298 g/mol. The van der Waals surface area contributed by atoms with Crippen molar-refractivity contribution >= 4 is 23.3 Å². The topological polar surface area (TPSA) is 69.6 Å². The number of carbonyl (C=O) groups is 2. The first-order valence-corrected chi connectivity index (χ1v) is 6.81. The third kappa shape index (κ3) is 3.44. The van der Waals surface area contributed by atoms with Crippen molar-refractivity contribution in [3.8, 4) is 0 Å². The zero-order valence-corrected chi connectivity index (χ0v) is 12.8. The third-order valence-electron chi connectivity index (χ3n) is 3.36. The van der Waals surface area contributed by atoms with E-state index in [1.54, 1.807) is 18.2 Å². The molecule has 0 radical (unpaired) electrons. The number of carboxylic acid groups (broad SMARTS) is 1. The first-order chi connectivity index (χ1) is 10.4. The Morgan fingerprint density at radius 2 is 1.77 bits per heavy atom. The number of hydrogen-bond donors (Lipinski definition) is 2. The minimum Gasteiger partial charge on any atom is -0.478 e. The zero-order valence-electron chi connectivity index (χ0n) is 12.8. The minimum absolute atomic E-state index is 0.142. The lowest BCUT2D eigenvalue weighted by molar-refractivity contribution is 0.0696. The summed E-state index contributed by atoms with van der Waals surface area (Å²) in [5, 5.41) is 11.8. The van der Waals surface area contributed by atoms with Gasteiger partial charge in [-0.3, -0.25) is 4.79 Å². The van der Waals surface area contributed by atoms with Crippen molar-refractivity contribution in [2.24, 2.45) is 0 Å². The Hall–Kier alpha value is -2.82. The fraction of sp³-hybridized carbons (Fsp3) is 0.176. The van der Waals surface area contributed by atoms with Crippen LogP contribution in [-0.4, -0.2) is 31.1 Å². The highest BCUT2D eigenvalue weighted by molar-refractivity contribution is 6.05. The molecule has 0 saturated heterocycles. The Labute approximate surface area is 129 Å². The molecular weight excluding hydrogens is 280 g/mol. The number of benzene rings is 2. The monoisotopic (exact) mass is 298 g/mol. The molecule has 0 atom stereocenters. The van der Waals surface area contributed by atoms with Crippen LogP contribution in [0.3, 0.4) is 0 Å². The molecule has 2 N–H and O–H groups in total. The van der Waals surface area contributed by atoms with Gasteiger partial charge in [-0.1, -0.05) is 12.1 Å². The third-order valence-corrected chi connectivity index (χ3v) is 3.36. The van der Waals surface area contributed by atoms with Crippen molar-refractivity contribution in [2.45, 2.75) is 6.92 Å².